The summed E-state index contributed by atoms with van der Waals surface area (Å²) in [5.41, 5.74) is 2.38. The van der Waals surface area contributed by atoms with Crippen LogP contribution in [0.5, 0.6) is 0 Å². The van der Waals surface area contributed by atoms with Crippen LogP contribution in [-0.4, -0.2) is 0 Å². The van der Waals surface area contributed by atoms with Crippen LogP contribution in [0.25, 0.3) is 21.9 Å². The molecule has 4 aromatic carbocycles. The van der Waals surface area contributed by atoms with E-state index in [9.17, 15) is 8.78 Å². The molecule has 0 spiro atoms. The summed E-state index contributed by atoms with van der Waals surface area (Å²) in [7, 11) is 0. The number of fused-ring (bicyclic) bond motifs is 1. The fraction of sp³-hybridized carbons (Fsp3) is 0.194. The second kappa shape index (κ2) is 10.9. The molecule has 4 aromatic rings. The minimum absolute atomic E-state index is 0.0380. The highest BCUT2D eigenvalue weighted by Crippen LogP contribution is 2.31. The Morgan fingerprint density at radius 2 is 1.43 bits per heavy atom. The molecule has 0 aliphatic rings. The third kappa shape index (κ3) is 5.56. The molecule has 0 saturated carbocycles. The number of rotatable bonds is 6. The zero-order valence-electron chi connectivity index (χ0n) is 19.5. The van der Waals surface area contributed by atoms with Gasteiger partial charge in [0.2, 0.25) is 0 Å². The molecule has 0 unspecified atom stereocenters. The first-order valence-electron chi connectivity index (χ1n) is 11.7. The summed E-state index contributed by atoms with van der Waals surface area (Å²) >= 11 is 0. The Balaban J connectivity index is 1.55. The van der Waals surface area contributed by atoms with Gasteiger partial charge in [-0.1, -0.05) is 68.4 Å². The first-order valence-corrected chi connectivity index (χ1v) is 11.7. The molecule has 4 rings (SSSR count). The quantitative estimate of drug-likeness (QED) is 0.207. The van der Waals surface area contributed by atoms with Crippen molar-refractivity contribution in [3.63, 3.8) is 0 Å². The Labute approximate surface area is 203 Å². The fourth-order valence-electron chi connectivity index (χ4n) is 4.08. The standard InChI is InChI=1S/C31H24F3N/c1-2-3-4-5-6-21-7-9-22(10-8-21)11-12-23-13-15-26-24(17-23)14-16-27(31(26)34)25-18-29(32)28(20-35)30(33)19-25/h7-10,13-19H,2-6H2,1H3. The van der Waals surface area contributed by atoms with Gasteiger partial charge in [0.25, 0.3) is 0 Å². The molecular formula is C31H24F3N. The van der Waals surface area contributed by atoms with Crippen molar-refractivity contribution in [3.8, 4) is 29.0 Å². The predicted octanol–water partition coefficient (Wildman–Crippen LogP) is 8.32. The fourth-order valence-corrected chi connectivity index (χ4v) is 4.08. The van der Waals surface area contributed by atoms with E-state index in [1.165, 1.54) is 43.4 Å². The van der Waals surface area contributed by atoms with E-state index in [1.54, 1.807) is 24.3 Å². The molecule has 35 heavy (non-hydrogen) atoms. The van der Waals surface area contributed by atoms with Crippen molar-refractivity contribution < 1.29 is 13.2 Å². The smallest absolute Gasteiger partial charge is 0.144 e. The van der Waals surface area contributed by atoms with E-state index in [4.69, 9.17) is 5.26 Å². The first-order chi connectivity index (χ1) is 17.0. The van der Waals surface area contributed by atoms with Gasteiger partial charge < -0.3 is 0 Å². The highest BCUT2D eigenvalue weighted by Gasteiger charge is 2.15. The van der Waals surface area contributed by atoms with Crippen LogP contribution >= 0.6 is 0 Å². The van der Waals surface area contributed by atoms with Crippen LogP contribution in [-0.2, 0) is 6.42 Å². The lowest BCUT2D eigenvalue weighted by molar-refractivity contribution is 0.577. The van der Waals surface area contributed by atoms with Crippen LogP contribution in [0.1, 0.15) is 54.9 Å². The Hall–Kier alpha value is -4.02. The highest BCUT2D eigenvalue weighted by molar-refractivity contribution is 5.89. The number of nitriles is 1. The minimum atomic E-state index is -1.02. The van der Waals surface area contributed by atoms with Crippen molar-refractivity contribution in [1.82, 2.24) is 0 Å². The van der Waals surface area contributed by atoms with Gasteiger partial charge in [-0.15, -0.1) is 0 Å². The number of benzene rings is 4. The van der Waals surface area contributed by atoms with E-state index in [0.29, 0.717) is 10.8 Å². The van der Waals surface area contributed by atoms with E-state index in [-0.39, 0.29) is 11.1 Å². The molecule has 0 N–H and O–H groups in total. The largest absolute Gasteiger partial charge is 0.206 e. The maximum Gasteiger partial charge on any atom is 0.144 e. The van der Waals surface area contributed by atoms with Crippen molar-refractivity contribution in [2.45, 2.75) is 39.0 Å². The molecule has 0 aromatic heterocycles. The zero-order chi connectivity index (χ0) is 24.8. The molecule has 0 saturated heterocycles. The molecular weight excluding hydrogens is 443 g/mol. The Bertz CT molecular complexity index is 1440. The SMILES string of the molecule is CCCCCCc1ccc(C#Cc2ccc3c(F)c(-c4cc(F)c(C#N)c(F)c4)ccc3c2)cc1. The molecule has 0 atom stereocenters. The van der Waals surface area contributed by atoms with E-state index in [0.717, 1.165) is 29.7 Å². The molecule has 0 aliphatic carbocycles. The topological polar surface area (TPSA) is 23.8 Å². The van der Waals surface area contributed by atoms with Crippen LogP contribution in [0, 0.1) is 40.6 Å². The number of hydrogen-bond donors (Lipinski definition) is 0. The molecule has 4 heteroatoms. The van der Waals surface area contributed by atoms with Crippen LogP contribution < -0.4 is 0 Å². The van der Waals surface area contributed by atoms with Gasteiger partial charge >= 0.3 is 0 Å². The number of hydrogen-bond acceptors (Lipinski definition) is 1. The Morgan fingerprint density at radius 1 is 0.743 bits per heavy atom. The van der Waals surface area contributed by atoms with Crippen LogP contribution in [0.15, 0.2) is 66.7 Å². The van der Waals surface area contributed by atoms with Gasteiger partial charge in [0.05, 0.1) is 0 Å². The summed E-state index contributed by atoms with van der Waals surface area (Å²) in [6.45, 7) is 2.21. The molecule has 0 amide bonds. The molecule has 0 heterocycles. The van der Waals surface area contributed by atoms with Gasteiger partial charge in [0.15, 0.2) is 0 Å². The number of halogens is 3. The average Bonchev–Trinajstić information content (AvgIpc) is 2.86. The predicted molar refractivity (Wildman–Crippen MR) is 134 cm³/mol. The van der Waals surface area contributed by atoms with Crippen molar-refractivity contribution in [3.05, 3.63) is 106 Å². The monoisotopic (exact) mass is 467 g/mol. The first kappa shape index (κ1) is 24.1. The highest BCUT2D eigenvalue weighted by atomic mass is 19.1. The summed E-state index contributed by atoms with van der Waals surface area (Å²) in [5.74, 6) is 3.66. The maximum atomic E-state index is 15.2. The van der Waals surface area contributed by atoms with E-state index < -0.39 is 23.0 Å². The van der Waals surface area contributed by atoms with Gasteiger partial charge in [0.1, 0.15) is 29.1 Å². The molecule has 0 radical (unpaired) electrons. The van der Waals surface area contributed by atoms with E-state index in [1.807, 2.05) is 12.1 Å². The van der Waals surface area contributed by atoms with Crippen LogP contribution in [0.3, 0.4) is 0 Å². The summed E-state index contributed by atoms with van der Waals surface area (Å²) in [6, 6.07) is 20.0. The molecule has 0 fully saturated rings. The molecule has 174 valence electrons. The average molecular weight is 468 g/mol. The lowest BCUT2D eigenvalue weighted by Crippen LogP contribution is -1.94. The summed E-state index contributed by atoms with van der Waals surface area (Å²) in [6.07, 6.45) is 6.03. The van der Waals surface area contributed by atoms with Crippen molar-refractivity contribution in [2.24, 2.45) is 0 Å². The van der Waals surface area contributed by atoms with Crippen LogP contribution in [0.4, 0.5) is 13.2 Å². The Kier molecular flexibility index (Phi) is 7.54. The molecule has 1 nitrogen and oxygen atoms in total. The van der Waals surface area contributed by atoms with E-state index in [2.05, 4.69) is 30.9 Å². The number of aryl methyl sites for hydroxylation is 1. The van der Waals surface area contributed by atoms with Gasteiger partial charge in [0, 0.05) is 22.1 Å². The number of nitrogens with zero attached hydrogens (tertiary/aromatic N) is 1. The second-order valence-electron chi connectivity index (χ2n) is 8.55. The third-order valence-electron chi connectivity index (χ3n) is 6.04. The summed E-state index contributed by atoms with van der Waals surface area (Å²) in [4.78, 5) is 0. The van der Waals surface area contributed by atoms with Crippen LogP contribution in [0.2, 0.25) is 0 Å². The summed E-state index contributed by atoms with van der Waals surface area (Å²) in [5, 5.41) is 9.80. The van der Waals surface area contributed by atoms with Gasteiger partial charge in [-0.3, -0.25) is 0 Å². The van der Waals surface area contributed by atoms with Crippen molar-refractivity contribution in [1.29, 1.82) is 5.26 Å². The van der Waals surface area contributed by atoms with Crippen molar-refractivity contribution >= 4 is 10.8 Å². The Morgan fingerprint density at radius 3 is 2.11 bits per heavy atom. The lowest BCUT2D eigenvalue weighted by Gasteiger charge is -2.09. The minimum Gasteiger partial charge on any atom is -0.206 e. The molecule has 0 bridgehead atoms. The van der Waals surface area contributed by atoms with Gasteiger partial charge in [-0.2, -0.15) is 5.26 Å². The zero-order valence-corrected chi connectivity index (χ0v) is 19.5. The molecule has 0 aliphatic heterocycles. The third-order valence-corrected chi connectivity index (χ3v) is 6.04. The number of unbranched alkanes of at least 4 members (excludes halogenated alkanes) is 3. The normalized spacial score (nSPS) is 10.6. The second-order valence-corrected chi connectivity index (χ2v) is 8.55. The lowest BCUT2D eigenvalue weighted by atomic mass is 9.98. The maximum absolute atomic E-state index is 15.2. The summed E-state index contributed by atoms with van der Waals surface area (Å²) < 4.78 is 43.3. The van der Waals surface area contributed by atoms with Crippen molar-refractivity contribution in [2.75, 3.05) is 0 Å². The van der Waals surface area contributed by atoms with E-state index >= 15 is 4.39 Å². The van der Waals surface area contributed by atoms with Gasteiger partial charge in [-0.05, 0) is 65.8 Å². The van der Waals surface area contributed by atoms with Gasteiger partial charge in [-0.25, -0.2) is 13.2 Å².